The van der Waals surface area contributed by atoms with Gasteiger partial charge in [-0.3, -0.25) is 0 Å². The second-order valence-electron chi connectivity index (χ2n) is 4.66. The first-order valence-corrected chi connectivity index (χ1v) is 6.97. The minimum Gasteiger partial charge on any atom is -0.374 e. The fraction of sp³-hybridized carbons (Fsp3) is 0.727. The zero-order chi connectivity index (χ0) is 11.1. The molecule has 0 spiro atoms. The van der Waals surface area contributed by atoms with E-state index in [0.717, 1.165) is 18.7 Å². The molecule has 0 saturated carbocycles. The van der Waals surface area contributed by atoms with Gasteiger partial charge in [0, 0.05) is 28.2 Å². The van der Waals surface area contributed by atoms with Crippen molar-refractivity contribution < 1.29 is 4.74 Å². The maximum atomic E-state index is 5.77. The van der Waals surface area contributed by atoms with Crippen LogP contribution in [0.4, 0.5) is 0 Å². The molecule has 2 nitrogen and oxygen atoms in total. The highest BCUT2D eigenvalue weighted by Crippen LogP contribution is 2.37. The molecule has 2 unspecified atom stereocenters. The van der Waals surface area contributed by atoms with Crippen molar-refractivity contribution in [2.45, 2.75) is 37.6 Å². The Labute approximate surface area is 103 Å². The van der Waals surface area contributed by atoms with E-state index in [9.17, 15) is 0 Å². The number of ether oxygens (including phenoxy) is 1. The van der Waals surface area contributed by atoms with Crippen molar-refractivity contribution in [2.75, 3.05) is 6.61 Å². The standard InChI is InChI=1S/C11H16BrNOS/c1-7-6-15-9(13-7)4-8-5-14-11(2,3)10(8)12/h6,8,10H,4-5H2,1-3H3. The first kappa shape index (κ1) is 11.6. The van der Waals surface area contributed by atoms with E-state index in [1.54, 1.807) is 11.3 Å². The Morgan fingerprint density at radius 2 is 2.40 bits per heavy atom. The van der Waals surface area contributed by atoms with E-state index in [1.165, 1.54) is 5.01 Å². The summed E-state index contributed by atoms with van der Waals surface area (Å²) >= 11 is 5.49. The molecule has 0 aliphatic carbocycles. The molecule has 4 heteroatoms. The molecule has 1 aliphatic heterocycles. The lowest BCUT2D eigenvalue weighted by Gasteiger charge is -2.22. The Morgan fingerprint density at radius 3 is 2.87 bits per heavy atom. The van der Waals surface area contributed by atoms with Crippen molar-refractivity contribution >= 4 is 27.3 Å². The summed E-state index contributed by atoms with van der Waals surface area (Å²) in [5.41, 5.74) is 1.08. The van der Waals surface area contributed by atoms with Crippen LogP contribution in [-0.4, -0.2) is 22.0 Å². The van der Waals surface area contributed by atoms with Gasteiger partial charge >= 0.3 is 0 Å². The second-order valence-corrected chi connectivity index (χ2v) is 6.59. The van der Waals surface area contributed by atoms with Gasteiger partial charge in [-0.25, -0.2) is 4.98 Å². The molecule has 1 aromatic heterocycles. The third kappa shape index (κ3) is 2.43. The number of thiazole rings is 1. The number of hydrogen-bond donors (Lipinski definition) is 0. The Morgan fingerprint density at radius 1 is 1.67 bits per heavy atom. The number of aryl methyl sites for hydroxylation is 1. The van der Waals surface area contributed by atoms with Crippen LogP contribution in [0.25, 0.3) is 0 Å². The monoisotopic (exact) mass is 289 g/mol. The largest absolute Gasteiger partial charge is 0.374 e. The molecule has 1 aromatic rings. The van der Waals surface area contributed by atoms with Gasteiger partial charge in [0.25, 0.3) is 0 Å². The van der Waals surface area contributed by atoms with Gasteiger partial charge in [0.05, 0.1) is 17.2 Å². The third-order valence-electron chi connectivity index (χ3n) is 2.85. The van der Waals surface area contributed by atoms with E-state index in [-0.39, 0.29) is 5.60 Å². The molecule has 0 amide bonds. The van der Waals surface area contributed by atoms with Crippen molar-refractivity contribution in [2.24, 2.45) is 5.92 Å². The molecule has 1 aliphatic rings. The maximum absolute atomic E-state index is 5.77. The van der Waals surface area contributed by atoms with E-state index < -0.39 is 0 Å². The van der Waals surface area contributed by atoms with Crippen LogP contribution >= 0.6 is 27.3 Å². The number of rotatable bonds is 2. The molecule has 2 atom stereocenters. The zero-order valence-electron chi connectivity index (χ0n) is 9.29. The van der Waals surface area contributed by atoms with Crippen molar-refractivity contribution in [1.82, 2.24) is 4.98 Å². The summed E-state index contributed by atoms with van der Waals surface area (Å²) in [6.45, 7) is 7.15. The summed E-state index contributed by atoms with van der Waals surface area (Å²) in [6, 6.07) is 0. The molecule has 0 aromatic carbocycles. The molecule has 1 saturated heterocycles. The number of halogens is 1. The normalized spacial score (nSPS) is 29.6. The zero-order valence-corrected chi connectivity index (χ0v) is 11.7. The summed E-state index contributed by atoms with van der Waals surface area (Å²) in [6.07, 6.45) is 1.03. The van der Waals surface area contributed by atoms with Crippen molar-refractivity contribution in [3.05, 3.63) is 16.1 Å². The Hall–Kier alpha value is 0.0700. The van der Waals surface area contributed by atoms with Gasteiger partial charge in [0.1, 0.15) is 0 Å². The van der Waals surface area contributed by atoms with Crippen LogP contribution in [0, 0.1) is 12.8 Å². The van der Waals surface area contributed by atoms with E-state index in [4.69, 9.17) is 4.74 Å². The number of hydrogen-bond acceptors (Lipinski definition) is 3. The minimum absolute atomic E-state index is 0.0447. The first-order valence-electron chi connectivity index (χ1n) is 5.18. The highest BCUT2D eigenvalue weighted by molar-refractivity contribution is 9.09. The first-order chi connectivity index (χ1) is 6.99. The number of aromatic nitrogens is 1. The van der Waals surface area contributed by atoms with Gasteiger partial charge < -0.3 is 4.74 Å². The van der Waals surface area contributed by atoms with Gasteiger partial charge in [0.15, 0.2) is 0 Å². The highest BCUT2D eigenvalue weighted by Gasteiger charge is 2.41. The molecule has 84 valence electrons. The van der Waals surface area contributed by atoms with Crippen molar-refractivity contribution in [1.29, 1.82) is 0 Å². The Kier molecular flexibility index (Phi) is 3.20. The van der Waals surface area contributed by atoms with Crippen molar-refractivity contribution in [3.8, 4) is 0 Å². The molecule has 0 radical (unpaired) electrons. The molecule has 2 rings (SSSR count). The molecular formula is C11H16BrNOS. The van der Waals surface area contributed by atoms with Crippen molar-refractivity contribution in [3.63, 3.8) is 0 Å². The smallest absolute Gasteiger partial charge is 0.0932 e. The third-order valence-corrected chi connectivity index (χ3v) is 5.69. The summed E-state index contributed by atoms with van der Waals surface area (Å²) in [4.78, 5) is 4.92. The topological polar surface area (TPSA) is 22.1 Å². The fourth-order valence-electron chi connectivity index (χ4n) is 1.94. The van der Waals surface area contributed by atoms with Crippen LogP contribution in [0.1, 0.15) is 24.5 Å². The van der Waals surface area contributed by atoms with Gasteiger partial charge in [-0.05, 0) is 20.8 Å². The van der Waals surface area contributed by atoms with Crippen LogP contribution in [0.2, 0.25) is 0 Å². The summed E-state index contributed by atoms with van der Waals surface area (Å²) in [5, 5.41) is 3.34. The lowest BCUT2D eigenvalue weighted by molar-refractivity contribution is 0.0381. The van der Waals surface area contributed by atoms with Crippen LogP contribution in [0.5, 0.6) is 0 Å². The minimum atomic E-state index is -0.0447. The lowest BCUT2D eigenvalue weighted by Crippen LogP contribution is -2.30. The number of alkyl halides is 1. The van der Waals surface area contributed by atoms with Gasteiger partial charge in [-0.2, -0.15) is 0 Å². The molecule has 2 heterocycles. The van der Waals surface area contributed by atoms with Crippen LogP contribution in [0.15, 0.2) is 5.38 Å². The fourth-order valence-corrected chi connectivity index (χ4v) is 3.27. The maximum Gasteiger partial charge on any atom is 0.0932 e. The van der Waals surface area contributed by atoms with E-state index in [1.807, 2.05) is 6.92 Å². The van der Waals surface area contributed by atoms with Crippen LogP contribution < -0.4 is 0 Å². The summed E-state index contributed by atoms with van der Waals surface area (Å²) in [5.74, 6) is 0.547. The van der Waals surface area contributed by atoms with Gasteiger partial charge in [-0.1, -0.05) is 15.9 Å². The van der Waals surface area contributed by atoms with E-state index in [0.29, 0.717) is 10.7 Å². The van der Waals surface area contributed by atoms with E-state index >= 15 is 0 Å². The second kappa shape index (κ2) is 4.15. The SMILES string of the molecule is Cc1csc(CC2COC(C)(C)C2Br)n1. The predicted molar refractivity (Wildman–Crippen MR) is 66.8 cm³/mol. The average molecular weight is 290 g/mol. The molecule has 1 fully saturated rings. The lowest BCUT2D eigenvalue weighted by atomic mass is 9.95. The number of nitrogens with zero attached hydrogens (tertiary/aromatic N) is 1. The Balaban J connectivity index is 2.02. The quantitative estimate of drug-likeness (QED) is 0.780. The molecule has 0 bridgehead atoms. The Bertz CT molecular complexity index is 350. The predicted octanol–water partition coefficient (Wildman–Crippen LogP) is 3.18. The molecule has 0 N–H and O–H groups in total. The van der Waals surface area contributed by atoms with Crippen LogP contribution in [0.3, 0.4) is 0 Å². The van der Waals surface area contributed by atoms with Gasteiger partial charge in [0.2, 0.25) is 0 Å². The van der Waals surface area contributed by atoms with Gasteiger partial charge in [-0.15, -0.1) is 11.3 Å². The average Bonchev–Trinajstić information content (AvgIpc) is 2.66. The summed E-state index contributed by atoms with van der Waals surface area (Å²) < 4.78 is 5.77. The van der Waals surface area contributed by atoms with E-state index in [2.05, 4.69) is 40.1 Å². The molecular weight excluding hydrogens is 274 g/mol. The van der Waals surface area contributed by atoms with Crippen LogP contribution in [-0.2, 0) is 11.2 Å². The molecule has 15 heavy (non-hydrogen) atoms. The highest BCUT2D eigenvalue weighted by atomic mass is 79.9. The summed E-state index contributed by atoms with van der Waals surface area (Å²) in [7, 11) is 0.